The number of aliphatic carboxylic acids is 1. The van der Waals surface area contributed by atoms with Crippen molar-refractivity contribution in [1.29, 1.82) is 0 Å². The molecule has 0 saturated carbocycles. The van der Waals surface area contributed by atoms with Gasteiger partial charge in [-0.3, -0.25) is 9.69 Å². The predicted molar refractivity (Wildman–Crippen MR) is 63.5 cm³/mol. The summed E-state index contributed by atoms with van der Waals surface area (Å²) in [6.45, 7) is 5.45. The topological polar surface area (TPSA) is 58.4 Å². The molecule has 2 heterocycles. The molecule has 1 saturated heterocycles. The highest BCUT2D eigenvalue weighted by atomic mass is 16.4. The molecule has 0 bridgehead atoms. The molecule has 1 atom stereocenters. The third kappa shape index (κ3) is 2.85. The molecule has 1 unspecified atom stereocenters. The van der Waals surface area contributed by atoms with Crippen molar-refractivity contribution in [2.24, 2.45) is 5.92 Å². The minimum atomic E-state index is -0.672. The van der Waals surface area contributed by atoms with Crippen molar-refractivity contribution >= 4 is 5.97 Å². The van der Waals surface area contributed by atoms with Crippen LogP contribution in [0.1, 0.15) is 25.5 Å². The van der Waals surface area contributed by atoms with Gasteiger partial charge in [-0.1, -0.05) is 6.92 Å². The Balaban J connectivity index is 1.93. The summed E-state index contributed by atoms with van der Waals surface area (Å²) >= 11 is 0. The van der Waals surface area contributed by atoms with Crippen LogP contribution >= 0.6 is 0 Å². The summed E-state index contributed by atoms with van der Waals surface area (Å²) in [5, 5.41) is 8.95. The summed E-state index contributed by atoms with van der Waals surface area (Å²) in [6, 6.07) is 0. The smallest absolute Gasteiger partial charge is 0.307 e. The van der Waals surface area contributed by atoms with Gasteiger partial charge >= 0.3 is 5.97 Å². The molecule has 0 spiro atoms. The molecule has 0 radical (unpaired) electrons. The zero-order valence-electron chi connectivity index (χ0n) is 10.2. The van der Waals surface area contributed by atoms with Gasteiger partial charge in [-0.25, -0.2) is 4.98 Å². The summed E-state index contributed by atoms with van der Waals surface area (Å²) in [4.78, 5) is 17.2. The lowest BCUT2D eigenvalue weighted by Crippen LogP contribution is -2.24. The van der Waals surface area contributed by atoms with E-state index in [0.717, 1.165) is 32.5 Å². The maximum Gasteiger partial charge on any atom is 0.307 e. The van der Waals surface area contributed by atoms with E-state index in [0.29, 0.717) is 6.54 Å². The number of imidazole rings is 1. The van der Waals surface area contributed by atoms with Crippen LogP contribution in [0.15, 0.2) is 12.5 Å². The van der Waals surface area contributed by atoms with Gasteiger partial charge in [0.15, 0.2) is 0 Å². The fourth-order valence-corrected chi connectivity index (χ4v) is 2.33. The Bertz CT molecular complexity index is 389. The molecule has 17 heavy (non-hydrogen) atoms. The molecule has 1 aromatic heterocycles. The van der Waals surface area contributed by atoms with Crippen LogP contribution in [-0.4, -0.2) is 38.6 Å². The highest BCUT2D eigenvalue weighted by molar-refractivity contribution is 5.70. The average molecular weight is 237 g/mol. The molecule has 1 aromatic rings. The van der Waals surface area contributed by atoms with E-state index >= 15 is 0 Å². The molecule has 1 fully saturated rings. The SMILES string of the molecule is CCCn1cncc1CN1CCC(C(=O)O)C1. The number of carboxylic acid groups (broad SMARTS) is 1. The highest BCUT2D eigenvalue weighted by Crippen LogP contribution is 2.18. The van der Waals surface area contributed by atoms with E-state index in [1.54, 1.807) is 0 Å². The van der Waals surface area contributed by atoms with E-state index in [4.69, 9.17) is 5.11 Å². The first-order chi connectivity index (χ1) is 8.20. The van der Waals surface area contributed by atoms with Crippen LogP contribution in [0, 0.1) is 5.92 Å². The molecule has 2 rings (SSSR count). The van der Waals surface area contributed by atoms with E-state index in [1.807, 2.05) is 12.5 Å². The number of carboxylic acids is 1. The summed E-state index contributed by atoms with van der Waals surface area (Å²) in [7, 11) is 0. The number of carbonyl (C=O) groups is 1. The number of hydrogen-bond acceptors (Lipinski definition) is 3. The molecule has 1 N–H and O–H groups in total. The molecule has 0 aliphatic carbocycles. The number of nitrogens with zero attached hydrogens (tertiary/aromatic N) is 3. The molecule has 1 aliphatic heterocycles. The molecule has 0 aromatic carbocycles. The standard InChI is InChI=1S/C12H19N3O2/c1-2-4-15-9-13-6-11(15)8-14-5-3-10(7-14)12(16)17/h6,9-10H,2-5,7-8H2,1H3,(H,16,17). The zero-order chi connectivity index (χ0) is 12.3. The Morgan fingerprint density at radius 1 is 1.65 bits per heavy atom. The quantitative estimate of drug-likeness (QED) is 0.836. The van der Waals surface area contributed by atoms with Crippen LogP contribution in [0.25, 0.3) is 0 Å². The highest BCUT2D eigenvalue weighted by Gasteiger charge is 2.28. The first kappa shape index (κ1) is 12.1. The lowest BCUT2D eigenvalue weighted by atomic mass is 10.1. The molecular formula is C12H19N3O2. The first-order valence-electron chi connectivity index (χ1n) is 6.15. The number of hydrogen-bond donors (Lipinski definition) is 1. The Hall–Kier alpha value is -1.36. The van der Waals surface area contributed by atoms with Crippen molar-refractivity contribution in [2.75, 3.05) is 13.1 Å². The van der Waals surface area contributed by atoms with Crippen LogP contribution in [-0.2, 0) is 17.9 Å². The molecule has 5 heteroatoms. The number of aromatic nitrogens is 2. The summed E-state index contributed by atoms with van der Waals surface area (Å²) in [5.74, 6) is -0.868. The fourth-order valence-electron chi connectivity index (χ4n) is 2.33. The first-order valence-corrected chi connectivity index (χ1v) is 6.15. The third-order valence-corrected chi connectivity index (χ3v) is 3.27. The minimum Gasteiger partial charge on any atom is -0.481 e. The van der Waals surface area contributed by atoms with Crippen molar-refractivity contribution in [3.05, 3.63) is 18.2 Å². The second kappa shape index (κ2) is 5.31. The van der Waals surface area contributed by atoms with Gasteiger partial charge in [0.2, 0.25) is 0 Å². The molecule has 0 amide bonds. The van der Waals surface area contributed by atoms with Gasteiger partial charge in [0, 0.05) is 25.8 Å². The third-order valence-electron chi connectivity index (χ3n) is 3.27. The zero-order valence-corrected chi connectivity index (χ0v) is 10.2. The Morgan fingerprint density at radius 2 is 2.47 bits per heavy atom. The van der Waals surface area contributed by atoms with Crippen LogP contribution < -0.4 is 0 Å². The molecule has 1 aliphatic rings. The summed E-state index contributed by atoms with van der Waals surface area (Å²) in [5.41, 5.74) is 1.18. The van der Waals surface area contributed by atoms with E-state index in [9.17, 15) is 4.79 Å². The number of likely N-dealkylation sites (tertiary alicyclic amines) is 1. The van der Waals surface area contributed by atoms with Gasteiger partial charge in [0.05, 0.1) is 17.9 Å². The van der Waals surface area contributed by atoms with Crippen LogP contribution in [0.2, 0.25) is 0 Å². The van der Waals surface area contributed by atoms with Crippen molar-refractivity contribution in [3.63, 3.8) is 0 Å². The van der Waals surface area contributed by atoms with E-state index < -0.39 is 5.97 Å². The van der Waals surface area contributed by atoms with Crippen molar-refractivity contribution in [2.45, 2.75) is 32.9 Å². The Kier molecular flexibility index (Phi) is 3.78. The van der Waals surface area contributed by atoms with Gasteiger partial charge in [0.1, 0.15) is 0 Å². The van der Waals surface area contributed by atoms with Gasteiger partial charge in [-0.15, -0.1) is 0 Å². The fraction of sp³-hybridized carbons (Fsp3) is 0.667. The average Bonchev–Trinajstić information content (AvgIpc) is 2.90. The molecule has 94 valence electrons. The lowest BCUT2D eigenvalue weighted by Gasteiger charge is -2.16. The summed E-state index contributed by atoms with van der Waals surface area (Å²) in [6.07, 6.45) is 5.58. The van der Waals surface area contributed by atoms with E-state index in [1.165, 1.54) is 5.69 Å². The van der Waals surface area contributed by atoms with Gasteiger partial charge in [-0.05, 0) is 19.4 Å². The molecular weight excluding hydrogens is 218 g/mol. The second-order valence-corrected chi connectivity index (χ2v) is 4.64. The maximum absolute atomic E-state index is 10.9. The number of rotatable bonds is 5. The van der Waals surface area contributed by atoms with Crippen molar-refractivity contribution in [1.82, 2.24) is 14.5 Å². The Labute approximate surface area is 101 Å². The Morgan fingerprint density at radius 3 is 3.12 bits per heavy atom. The van der Waals surface area contributed by atoms with E-state index in [-0.39, 0.29) is 5.92 Å². The van der Waals surface area contributed by atoms with E-state index in [2.05, 4.69) is 21.4 Å². The second-order valence-electron chi connectivity index (χ2n) is 4.64. The largest absolute Gasteiger partial charge is 0.481 e. The van der Waals surface area contributed by atoms with Crippen molar-refractivity contribution < 1.29 is 9.90 Å². The van der Waals surface area contributed by atoms with Crippen LogP contribution in [0.5, 0.6) is 0 Å². The van der Waals surface area contributed by atoms with Gasteiger partial charge in [-0.2, -0.15) is 0 Å². The summed E-state index contributed by atoms with van der Waals surface area (Å²) < 4.78 is 2.15. The number of aryl methyl sites for hydroxylation is 1. The van der Waals surface area contributed by atoms with Crippen LogP contribution in [0.4, 0.5) is 0 Å². The predicted octanol–water partition coefficient (Wildman–Crippen LogP) is 1.20. The van der Waals surface area contributed by atoms with Gasteiger partial charge < -0.3 is 9.67 Å². The minimum absolute atomic E-state index is 0.197. The van der Waals surface area contributed by atoms with Crippen molar-refractivity contribution in [3.8, 4) is 0 Å². The van der Waals surface area contributed by atoms with Crippen LogP contribution in [0.3, 0.4) is 0 Å². The maximum atomic E-state index is 10.9. The molecule has 5 nitrogen and oxygen atoms in total. The lowest BCUT2D eigenvalue weighted by molar-refractivity contribution is -0.141. The monoisotopic (exact) mass is 237 g/mol. The van der Waals surface area contributed by atoms with Gasteiger partial charge in [0.25, 0.3) is 0 Å². The normalized spacial score (nSPS) is 20.9.